The van der Waals surface area contributed by atoms with E-state index in [0.29, 0.717) is 23.2 Å². The van der Waals surface area contributed by atoms with Gasteiger partial charge in [0.2, 0.25) is 0 Å². The van der Waals surface area contributed by atoms with Crippen molar-refractivity contribution in [3.8, 4) is 0 Å². The molecule has 4 aliphatic rings. The fourth-order valence-electron chi connectivity index (χ4n) is 8.88. The van der Waals surface area contributed by atoms with Crippen LogP contribution in [-0.4, -0.2) is 17.1 Å². The molecule has 0 saturated heterocycles. The molecule has 0 radical (unpaired) electrons. The minimum Gasteiger partial charge on any atom is -0.480 e. The molecule has 3 N–H and O–H groups in total. The molecule has 5 rings (SSSR count). The summed E-state index contributed by atoms with van der Waals surface area (Å²) in [6.07, 6.45) is 15.0. The Labute approximate surface area is 203 Å². The van der Waals surface area contributed by atoms with Gasteiger partial charge in [-0.05, 0) is 116 Å². The summed E-state index contributed by atoms with van der Waals surface area (Å²) in [6.45, 7) is 7.03. The van der Waals surface area contributed by atoms with Gasteiger partial charge in [0.1, 0.15) is 6.04 Å². The summed E-state index contributed by atoms with van der Waals surface area (Å²) in [4.78, 5) is 22.8. The van der Waals surface area contributed by atoms with Crippen LogP contribution in [0, 0.1) is 40.4 Å². The zero-order chi connectivity index (χ0) is 24.3. The molecule has 9 atom stereocenters. The smallest absolute Gasteiger partial charge is 0.335 e. The van der Waals surface area contributed by atoms with Crippen molar-refractivity contribution in [2.45, 2.75) is 90.5 Å². The molecule has 0 aliphatic heterocycles. The minimum absolute atomic E-state index is 0.0292. The van der Waals surface area contributed by atoms with Gasteiger partial charge in [-0.3, -0.25) is 4.79 Å². The Hall–Kier alpha value is -1.88. The van der Waals surface area contributed by atoms with Crippen LogP contribution in [0.2, 0.25) is 0 Å². The largest absolute Gasteiger partial charge is 0.480 e. The van der Waals surface area contributed by atoms with Crippen molar-refractivity contribution >= 4 is 5.97 Å². The molecule has 4 aliphatic carbocycles. The van der Waals surface area contributed by atoms with Crippen LogP contribution in [0.4, 0.5) is 0 Å². The summed E-state index contributed by atoms with van der Waals surface area (Å²) in [6, 6.07) is 2.79. The molecular formula is C29H41NO4. The van der Waals surface area contributed by atoms with E-state index in [0.717, 1.165) is 24.7 Å². The Morgan fingerprint density at radius 3 is 2.71 bits per heavy atom. The van der Waals surface area contributed by atoms with Crippen LogP contribution >= 0.6 is 0 Å². The third-order valence-corrected chi connectivity index (χ3v) is 10.9. The molecule has 186 valence electrons. The van der Waals surface area contributed by atoms with Gasteiger partial charge in [-0.15, -0.1) is 0 Å². The first kappa shape index (κ1) is 23.8. The second kappa shape index (κ2) is 8.65. The summed E-state index contributed by atoms with van der Waals surface area (Å²) >= 11 is 0. The lowest BCUT2D eigenvalue weighted by atomic mass is 9.45. The molecule has 1 aromatic rings. The lowest BCUT2D eigenvalue weighted by molar-refractivity contribution is -0.140. The van der Waals surface area contributed by atoms with E-state index in [4.69, 9.17) is 10.2 Å². The highest BCUT2D eigenvalue weighted by Crippen LogP contribution is 2.67. The van der Waals surface area contributed by atoms with E-state index in [2.05, 4.69) is 19.9 Å². The summed E-state index contributed by atoms with van der Waals surface area (Å²) in [7, 11) is 0. The summed E-state index contributed by atoms with van der Waals surface area (Å²) in [5, 5.41) is 9.29. The number of carboxylic acid groups (broad SMARTS) is 1. The van der Waals surface area contributed by atoms with Gasteiger partial charge < -0.3 is 15.3 Å². The van der Waals surface area contributed by atoms with Gasteiger partial charge in [-0.25, -0.2) is 4.79 Å². The molecule has 1 unspecified atom stereocenters. The Bertz CT molecular complexity index is 1010. The zero-order valence-electron chi connectivity index (χ0n) is 21.0. The van der Waals surface area contributed by atoms with Crippen molar-refractivity contribution < 1.29 is 14.3 Å². The van der Waals surface area contributed by atoms with E-state index < -0.39 is 12.0 Å². The lowest BCUT2D eigenvalue weighted by Crippen LogP contribution is -2.51. The highest BCUT2D eigenvalue weighted by Gasteiger charge is 2.57. The van der Waals surface area contributed by atoms with Gasteiger partial charge in [0.05, 0.1) is 6.26 Å². The number of hydrogen-bond donors (Lipinski definition) is 2. The molecule has 34 heavy (non-hydrogen) atoms. The fraction of sp³-hybridized carbons (Fsp3) is 0.724. The van der Waals surface area contributed by atoms with E-state index in [1.165, 1.54) is 50.5 Å². The number of hydrogen-bond acceptors (Lipinski definition) is 4. The van der Waals surface area contributed by atoms with Crippen LogP contribution in [-0.2, 0) is 4.79 Å². The van der Waals surface area contributed by atoms with Gasteiger partial charge in [-0.1, -0.05) is 32.4 Å². The second-order valence-electron chi connectivity index (χ2n) is 12.5. The third kappa shape index (κ3) is 3.79. The first-order chi connectivity index (χ1) is 16.1. The topological polar surface area (TPSA) is 93.5 Å². The van der Waals surface area contributed by atoms with E-state index >= 15 is 0 Å². The fourth-order valence-corrected chi connectivity index (χ4v) is 8.88. The van der Waals surface area contributed by atoms with E-state index in [-0.39, 0.29) is 17.0 Å². The quantitative estimate of drug-likeness (QED) is 0.539. The molecule has 3 saturated carbocycles. The minimum atomic E-state index is -0.875. The monoisotopic (exact) mass is 467 g/mol. The Kier molecular flexibility index (Phi) is 6.07. The molecular weight excluding hydrogens is 426 g/mol. The predicted octanol–water partition coefficient (Wildman–Crippen LogP) is 5.74. The van der Waals surface area contributed by atoms with Crippen molar-refractivity contribution in [3.63, 3.8) is 0 Å². The average Bonchev–Trinajstić information content (AvgIpc) is 3.16. The third-order valence-electron chi connectivity index (χ3n) is 10.9. The number of fused-ring (bicyclic) bond motifs is 5. The molecule has 0 bridgehead atoms. The van der Waals surface area contributed by atoms with Crippen LogP contribution in [0.3, 0.4) is 0 Å². The lowest BCUT2D eigenvalue weighted by Gasteiger charge is -2.60. The highest BCUT2D eigenvalue weighted by molar-refractivity contribution is 5.73. The maximum atomic E-state index is 11.5. The van der Waals surface area contributed by atoms with Gasteiger partial charge in [0.15, 0.2) is 0 Å². The maximum absolute atomic E-state index is 11.5. The van der Waals surface area contributed by atoms with Crippen molar-refractivity contribution in [2.24, 2.45) is 46.2 Å². The van der Waals surface area contributed by atoms with Crippen LogP contribution < -0.4 is 11.4 Å². The van der Waals surface area contributed by atoms with E-state index in [1.807, 2.05) is 13.0 Å². The Balaban J connectivity index is 1.30. The Morgan fingerprint density at radius 2 is 2.00 bits per heavy atom. The molecule has 5 heteroatoms. The van der Waals surface area contributed by atoms with Gasteiger partial charge in [-0.2, -0.15) is 0 Å². The summed E-state index contributed by atoms with van der Waals surface area (Å²) < 4.78 is 5.23. The molecule has 1 aromatic heterocycles. The predicted molar refractivity (Wildman–Crippen MR) is 132 cm³/mol. The first-order valence-corrected chi connectivity index (χ1v) is 13.4. The van der Waals surface area contributed by atoms with Crippen molar-refractivity contribution in [1.82, 2.24) is 0 Å². The number of carbonyl (C=O) groups is 1. The maximum Gasteiger partial charge on any atom is 0.335 e. The molecule has 0 amide bonds. The van der Waals surface area contributed by atoms with E-state index in [1.54, 1.807) is 17.9 Å². The SMILES string of the molecule is CC(C[C@H]1CC[C@@]2(C)[C@H](CC[C@H]3C4=CC[C@H](c5ccc(=O)oc5)[C@@]4(C)CC[C@@H]32)C1)[C@@H](N)C(=O)O. The number of aliphatic carboxylic acids is 1. The number of nitrogens with two attached hydrogens (primary N) is 1. The summed E-state index contributed by atoms with van der Waals surface area (Å²) in [5.41, 5.74) is 9.05. The van der Waals surface area contributed by atoms with Crippen LogP contribution in [0.5, 0.6) is 0 Å². The average molecular weight is 468 g/mol. The first-order valence-electron chi connectivity index (χ1n) is 13.4. The summed E-state index contributed by atoms with van der Waals surface area (Å²) in [5.74, 6) is 2.34. The van der Waals surface area contributed by atoms with Crippen molar-refractivity contribution in [1.29, 1.82) is 0 Å². The van der Waals surface area contributed by atoms with E-state index in [9.17, 15) is 14.7 Å². The molecule has 0 aromatic carbocycles. The van der Waals surface area contributed by atoms with Crippen LogP contribution in [0.1, 0.15) is 90.0 Å². The van der Waals surface area contributed by atoms with Gasteiger partial charge in [0.25, 0.3) is 0 Å². The van der Waals surface area contributed by atoms with Crippen LogP contribution in [0.25, 0.3) is 0 Å². The number of allylic oxidation sites excluding steroid dienone is 2. The zero-order valence-corrected chi connectivity index (χ0v) is 21.0. The molecule has 3 fully saturated rings. The van der Waals surface area contributed by atoms with Crippen molar-refractivity contribution in [3.05, 3.63) is 46.0 Å². The second-order valence-corrected chi connectivity index (χ2v) is 12.5. The molecule has 5 nitrogen and oxygen atoms in total. The van der Waals surface area contributed by atoms with Crippen molar-refractivity contribution in [2.75, 3.05) is 0 Å². The molecule has 1 heterocycles. The van der Waals surface area contributed by atoms with Crippen LogP contribution in [0.15, 0.2) is 39.3 Å². The number of rotatable bonds is 5. The Morgan fingerprint density at radius 1 is 1.21 bits per heavy atom. The van der Waals surface area contributed by atoms with Gasteiger partial charge in [0, 0.05) is 6.07 Å². The number of carboxylic acids is 1. The van der Waals surface area contributed by atoms with Gasteiger partial charge >= 0.3 is 11.6 Å². The highest BCUT2D eigenvalue weighted by atomic mass is 16.4. The molecule has 0 spiro atoms. The normalized spacial score (nSPS) is 40.9. The standard InChI is InChI=1S/C29H41NO4/c1-17(26(30)27(32)33)14-18-10-12-28(2)20(15-18)5-6-21-23-8-7-22(19-4-9-25(31)34-16-19)29(23,3)13-11-24(21)28/h4,8-9,16-18,20-22,24,26H,5-7,10-15,30H2,1-3H3,(H,32,33)/t17?,18-,20-,21+,22-,24+,26-,28+,29-/m1/s1.